The molecule has 0 aliphatic rings. The van der Waals surface area contributed by atoms with E-state index in [-0.39, 0.29) is 34.3 Å². The summed E-state index contributed by atoms with van der Waals surface area (Å²) in [6, 6.07) is 3.57. The number of primary amides is 1. The van der Waals surface area contributed by atoms with Crippen LogP contribution in [0.5, 0.6) is 5.75 Å². The van der Waals surface area contributed by atoms with E-state index in [1.807, 2.05) is 0 Å². The van der Waals surface area contributed by atoms with Gasteiger partial charge in [-0.15, -0.1) is 0 Å². The Morgan fingerprint density at radius 3 is 2.22 bits per heavy atom. The highest BCUT2D eigenvalue weighted by molar-refractivity contribution is 5.99. The van der Waals surface area contributed by atoms with E-state index in [0.717, 1.165) is 0 Å². The van der Waals surface area contributed by atoms with Gasteiger partial charge in [-0.05, 0) is 18.1 Å². The van der Waals surface area contributed by atoms with Crippen LogP contribution in [0, 0.1) is 5.92 Å². The van der Waals surface area contributed by atoms with Gasteiger partial charge in [-0.2, -0.15) is 0 Å². The minimum atomic E-state index is -0.843. The van der Waals surface area contributed by atoms with Gasteiger partial charge in [0.1, 0.15) is 17.4 Å². The fraction of sp³-hybridized carbons (Fsp3) is 0.333. The van der Waals surface area contributed by atoms with Gasteiger partial charge in [-0.1, -0.05) is 19.9 Å². The van der Waals surface area contributed by atoms with Crippen molar-refractivity contribution in [2.24, 2.45) is 11.7 Å². The second-order valence-corrected chi connectivity index (χ2v) is 6.70. The third kappa shape index (κ3) is 3.76. The van der Waals surface area contributed by atoms with Gasteiger partial charge in [0.2, 0.25) is 5.91 Å². The number of para-hydroxylation sites is 1. The molecule has 0 aliphatic carbocycles. The van der Waals surface area contributed by atoms with Crippen LogP contribution in [0.2, 0.25) is 0 Å². The summed E-state index contributed by atoms with van der Waals surface area (Å²) in [6.45, 7) is 3.48. The van der Waals surface area contributed by atoms with Crippen LogP contribution in [0.15, 0.2) is 27.8 Å². The third-order valence-electron chi connectivity index (χ3n) is 4.12. The number of nitrogens with zero attached hydrogens (tertiary/aromatic N) is 1. The fourth-order valence-electron chi connectivity index (χ4n) is 2.56. The fourth-order valence-corrected chi connectivity index (χ4v) is 2.56. The normalized spacial score (nSPS) is 12.0. The predicted octanol–water partition coefficient (Wildman–Crippen LogP) is 0.355. The Kier molecular flexibility index (Phi) is 5.53. The Morgan fingerprint density at radius 2 is 1.70 bits per heavy atom. The average molecular weight is 374 g/mol. The van der Waals surface area contributed by atoms with Gasteiger partial charge < -0.3 is 26.4 Å². The van der Waals surface area contributed by atoms with Crippen molar-refractivity contribution < 1.29 is 14.7 Å². The number of carbonyl (C=O) groups excluding carboxylic acids is 2. The van der Waals surface area contributed by atoms with Gasteiger partial charge in [0.05, 0.1) is 11.3 Å². The van der Waals surface area contributed by atoms with Crippen LogP contribution in [-0.4, -0.2) is 42.0 Å². The van der Waals surface area contributed by atoms with E-state index in [1.165, 1.54) is 37.2 Å². The highest BCUT2D eigenvalue weighted by Gasteiger charge is 2.28. The lowest BCUT2D eigenvalue weighted by molar-refractivity contribution is -0.119. The number of hydrogen-bond acceptors (Lipinski definition) is 7. The first-order valence-corrected chi connectivity index (χ1v) is 8.26. The molecule has 144 valence electrons. The number of anilines is 3. The molecule has 0 aromatic heterocycles. The van der Waals surface area contributed by atoms with Crippen LogP contribution in [0.1, 0.15) is 24.2 Å². The summed E-state index contributed by atoms with van der Waals surface area (Å²) < 4.78 is 0. The molecule has 0 aliphatic heterocycles. The quantitative estimate of drug-likeness (QED) is 0.405. The van der Waals surface area contributed by atoms with E-state index >= 15 is 0 Å². The number of phenolic OH excluding ortho intramolecular Hbond substituents is 1. The molecule has 1 atom stereocenters. The maximum atomic E-state index is 12.1. The zero-order valence-electron chi connectivity index (χ0n) is 15.5. The molecule has 0 fully saturated rings. The van der Waals surface area contributed by atoms with Crippen molar-refractivity contribution in [3.05, 3.63) is 44.2 Å². The highest BCUT2D eigenvalue weighted by Crippen LogP contribution is 2.32. The summed E-state index contributed by atoms with van der Waals surface area (Å²) in [7, 11) is 3.08. The molecule has 2 rings (SSSR count). The smallest absolute Gasteiger partial charge is 0.257 e. The number of nitrogens with two attached hydrogens (primary N) is 1. The number of carbonyl (C=O) groups is 2. The molecule has 2 amide bonds. The first-order valence-electron chi connectivity index (χ1n) is 8.26. The minimum Gasteiger partial charge on any atom is -0.505 e. The van der Waals surface area contributed by atoms with Gasteiger partial charge >= 0.3 is 0 Å². The maximum Gasteiger partial charge on any atom is 0.257 e. The number of hydrogen-bond donors (Lipinski definition) is 4. The van der Waals surface area contributed by atoms with Gasteiger partial charge in [0, 0.05) is 14.1 Å². The number of rotatable bonds is 7. The predicted molar refractivity (Wildman–Crippen MR) is 102 cm³/mol. The number of phenols is 1. The Labute approximate surface area is 155 Å². The number of aromatic hydroxyl groups is 1. The SMILES string of the molecule is CC(C)[C@H](Nc1c(Nc2cccc(C(=O)N(C)C)c2O)c(=O)c1=O)C(N)=O. The van der Waals surface area contributed by atoms with Crippen molar-refractivity contribution in [3.63, 3.8) is 0 Å². The van der Waals surface area contributed by atoms with Crippen LogP contribution in [0.4, 0.5) is 17.1 Å². The van der Waals surface area contributed by atoms with Gasteiger partial charge in [0.25, 0.3) is 16.8 Å². The summed E-state index contributed by atoms with van der Waals surface area (Å²) in [4.78, 5) is 48.8. The number of benzene rings is 1. The van der Waals surface area contributed by atoms with E-state index in [9.17, 15) is 24.3 Å². The lowest BCUT2D eigenvalue weighted by atomic mass is 10.0. The summed E-state index contributed by atoms with van der Waals surface area (Å²) in [5, 5.41) is 15.7. The molecule has 0 spiro atoms. The Balaban J connectivity index is 2.38. The Bertz CT molecular complexity index is 957. The zero-order valence-corrected chi connectivity index (χ0v) is 15.5. The minimum absolute atomic E-state index is 0.0374. The van der Waals surface area contributed by atoms with Crippen LogP contribution in [0.3, 0.4) is 0 Å². The van der Waals surface area contributed by atoms with Crippen molar-refractivity contribution in [2.75, 3.05) is 24.7 Å². The topological polar surface area (TPSA) is 142 Å². The molecular formula is C18H22N4O5. The summed E-state index contributed by atoms with van der Waals surface area (Å²) >= 11 is 0. The second kappa shape index (κ2) is 7.48. The van der Waals surface area contributed by atoms with Crippen molar-refractivity contribution in [2.45, 2.75) is 19.9 Å². The van der Waals surface area contributed by atoms with Gasteiger partial charge in [-0.25, -0.2) is 0 Å². The molecule has 0 saturated carbocycles. The van der Waals surface area contributed by atoms with Crippen LogP contribution in [-0.2, 0) is 4.79 Å². The lowest BCUT2D eigenvalue weighted by Gasteiger charge is -2.23. The highest BCUT2D eigenvalue weighted by atomic mass is 16.3. The first kappa shape index (κ1) is 20.0. The Hall–Kier alpha value is -3.36. The van der Waals surface area contributed by atoms with E-state index in [4.69, 9.17) is 5.73 Å². The molecule has 0 heterocycles. The summed E-state index contributed by atoms with van der Waals surface area (Å²) in [5.41, 5.74) is 3.68. The molecule has 9 heteroatoms. The van der Waals surface area contributed by atoms with Crippen molar-refractivity contribution in [3.8, 4) is 5.75 Å². The van der Waals surface area contributed by atoms with Crippen molar-refractivity contribution in [1.29, 1.82) is 0 Å². The second-order valence-electron chi connectivity index (χ2n) is 6.70. The molecule has 0 bridgehead atoms. The number of amides is 2. The molecule has 0 saturated heterocycles. The van der Waals surface area contributed by atoms with E-state index < -0.39 is 28.7 Å². The standard InChI is InChI=1S/C18H22N4O5/c1-8(2)11(17(19)26)21-13-12(15(24)16(13)25)20-10-7-5-6-9(14(10)23)18(27)22(3)4/h5-8,11,20-21,23H,1-4H3,(H2,19,26)/t11-/m0/s1. The van der Waals surface area contributed by atoms with Gasteiger partial charge in [0.15, 0.2) is 5.75 Å². The molecule has 0 radical (unpaired) electrons. The zero-order chi connectivity index (χ0) is 20.5. The van der Waals surface area contributed by atoms with Crippen molar-refractivity contribution in [1.82, 2.24) is 4.90 Å². The first-order chi connectivity index (χ1) is 12.6. The van der Waals surface area contributed by atoms with Crippen LogP contribution in [0.25, 0.3) is 0 Å². The van der Waals surface area contributed by atoms with Crippen LogP contribution >= 0.6 is 0 Å². The largest absolute Gasteiger partial charge is 0.505 e. The average Bonchev–Trinajstić information content (AvgIpc) is 2.60. The van der Waals surface area contributed by atoms with Crippen molar-refractivity contribution >= 4 is 28.9 Å². The lowest BCUT2D eigenvalue weighted by Crippen LogP contribution is -2.45. The Morgan fingerprint density at radius 1 is 1.11 bits per heavy atom. The third-order valence-corrected chi connectivity index (χ3v) is 4.12. The molecule has 0 unspecified atom stereocenters. The number of nitrogens with one attached hydrogen (secondary N) is 2. The van der Waals surface area contributed by atoms with Crippen LogP contribution < -0.4 is 27.2 Å². The summed E-state index contributed by atoms with van der Waals surface area (Å²) in [5.74, 6) is -1.65. The molecule has 27 heavy (non-hydrogen) atoms. The molecule has 2 aromatic rings. The maximum absolute atomic E-state index is 12.1. The molecular weight excluding hydrogens is 352 g/mol. The van der Waals surface area contributed by atoms with E-state index in [1.54, 1.807) is 13.8 Å². The van der Waals surface area contributed by atoms with E-state index in [0.29, 0.717) is 0 Å². The monoisotopic (exact) mass is 374 g/mol. The molecule has 5 N–H and O–H groups in total. The molecule has 2 aromatic carbocycles. The summed E-state index contributed by atoms with van der Waals surface area (Å²) in [6.07, 6.45) is 0. The van der Waals surface area contributed by atoms with Gasteiger partial charge in [-0.3, -0.25) is 19.2 Å². The van der Waals surface area contributed by atoms with E-state index in [2.05, 4.69) is 10.6 Å². The molecule has 9 nitrogen and oxygen atoms in total.